The molecule has 0 saturated carbocycles. The van der Waals surface area contributed by atoms with Crippen LogP contribution in [0.15, 0.2) is 218 Å². The van der Waals surface area contributed by atoms with E-state index in [4.69, 9.17) is 0 Å². The summed E-state index contributed by atoms with van der Waals surface area (Å²) < 4.78 is 0. The molecule has 0 spiro atoms. The van der Waals surface area contributed by atoms with Crippen molar-refractivity contribution >= 4 is 89.4 Å². The molecule has 10 aromatic rings. The molecule has 0 heterocycles. The zero-order valence-electron chi connectivity index (χ0n) is 30.8. The van der Waals surface area contributed by atoms with Crippen LogP contribution in [0.4, 0.5) is 34.1 Å². The van der Waals surface area contributed by atoms with Crippen LogP contribution in [0.25, 0.3) is 55.2 Å². The number of hydrogen-bond acceptors (Lipinski definition) is 2. The van der Waals surface area contributed by atoms with Crippen LogP contribution in [0.2, 0.25) is 0 Å². The van der Waals surface area contributed by atoms with Crippen LogP contribution in [0.1, 0.15) is 11.1 Å². The van der Waals surface area contributed by atoms with Crippen LogP contribution >= 0.6 is 0 Å². The van der Waals surface area contributed by atoms with Gasteiger partial charge >= 0.3 is 0 Å². The van der Waals surface area contributed by atoms with Gasteiger partial charge < -0.3 is 9.80 Å². The first-order valence-corrected chi connectivity index (χ1v) is 19.2. The van der Waals surface area contributed by atoms with Gasteiger partial charge in [0, 0.05) is 33.5 Å². The minimum absolute atomic E-state index is 1.13. The van der Waals surface area contributed by atoms with E-state index in [-0.39, 0.29) is 0 Å². The van der Waals surface area contributed by atoms with E-state index in [1.165, 1.54) is 54.2 Å². The van der Waals surface area contributed by atoms with Crippen molar-refractivity contribution in [3.8, 4) is 0 Å². The van der Waals surface area contributed by atoms with Crippen LogP contribution in [-0.2, 0) is 0 Å². The summed E-state index contributed by atoms with van der Waals surface area (Å²) in [5, 5.41) is 9.80. The Morgan fingerprint density at radius 1 is 0.250 bits per heavy atom. The standard InChI is InChI=1S/C54H38N2/c1-5-17-43(18-6-1)55(44-19-7-2-8-20-44)53-37-41-33-31-39(35-51(41)47-25-13-15-27-49(47)53)29-30-40-32-34-42-38-54(50-28-16-14-26-48(50)52(42)36-40)56(45-21-9-3-10-22-45)46-23-11-4-12-24-46/h1-38H/b30-29+. The van der Waals surface area contributed by atoms with Crippen molar-refractivity contribution < 1.29 is 0 Å². The molecule has 0 saturated heterocycles. The van der Waals surface area contributed by atoms with Gasteiger partial charge in [0.1, 0.15) is 0 Å². The predicted molar refractivity (Wildman–Crippen MR) is 241 cm³/mol. The van der Waals surface area contributed by atoms with Gasteiger partial charge in [0.2, 0.25) is 0 Å². The fraction of sp³-hybridized carbons (Fsp3) is 0. The van der Waals surface area contributed by atoms with Crippen LogP contribution < -0.4 is 9.80 Å². The number of anilines is 6. The van der Waals surface area contributed by atoms with Crippen LogP contribution in [0.3, 0.4) is 0 Å². The van der Waals surface area contributed by atoms with E-state index in [1.54, 1.807) is 0 Å². The van der Waals surface area contributed by atoms with Crippen molar-refractivity contribution in [1.29, 1.82) is 0 Å². The lowest BCUT2D eigenvalue weighted by molar-refractivity contribution is 1.30. The van der Waals surface area contributed by atoms with Crippen molar-refractivity contribution in [1.82, 2.24) is 0 Å². The topological polar surface area (TPSA) is 6.48 Å². The first-order chi connectivity index (χ1) is 27.8. The van der Waals surface area contributed by atoms with Gasteiger partial charge in [-0.3, -0.25) is 0 Å². The smallest absolute Gasteiger partial charge is 0.0546 e. The third-order valence-corrected chi connectivity index (χ3v) is 10.7. The molecule has 0 radical (unpaired) electrons. The Morgan fingerprint density at radius 2 is 0.554 bits per heavy atom. The van der Waals surface area contributed by atoms with E-state index in [0.717, 1.165) is 34.1 Å². The normalized spacial score (nSPS) is 11.5. The van der Waals surface area contributed by atoms with Crippen molar-refractivity contribution in [3.63, 3.8) is 0 Å². The van der Waals surface area contributed by atoms with Gasteiger partial charge in [0.05, 0.1) is 11.4 Å². The van der Waals surface area contributed by atoms with Crippen LogP contribution in [-0.4, -0.2) is 0 Å². The first kappa shape index (κ1) is 33.2. The Morgan fingerprint density at radius 3 is 0.893 bits per heavy atom. The van der Waals surface area contributed by atoms with E-state index < -0.39 is 0 Å². The minimum Gasteiger partial charge on any atom is -0.310 e. The monoisotopic (exact) mass is 714 g/mol. The molecule has 0 aliphatic heterocycles. The lowest BCUT2D eigenvalue weighted by atomic mass is 9.96. The summed E-state index contributed by atoms with van der Waals surface area (Å²) in [6.45, 7) is 0. The lowest BCUT2D eigenvalue weighted by Crippen LogP contribution is -2.10. The molecule has 2 heteroatoms. The SMILES string of the molecule is C(=C\c1ccc2cc(N(c3ccccc3)c3ccccc3)c3ccccc3c2c1)/c1ccc2cc(N(c3ccccc3)c3ccccc3)c3ccccc3c2c1. The fourth-order valence-corrected chi connectivity index (χ4v) is 8.13. The maximum atomic E-state index is 2.36. The summed E-state index contributed by atoms with van der Waals surface area (Å²) >= 11 is 0. The molecule has 0 unspecified atom stereocenters. The minimum atomic E-state index is 1.13. The second kappa shape index (κ2) is 14.4. The molecular weight excluding hydrogens is 677 g/mol. The van der Waals surface area contributed by atoms with Gasteiger partial charge in [-0.25, -0.2) is 0 Å². The van der Waals surface area contributed by atoms with Gasteiger partial charge in [0.15, 0.2) is 0 Å². The molecule has 0 N–H and O–H groups in total. The average Bonchev–Trinajstić information content (AvgIpc) is 3.27. The van der Waals surface area contributed by atoms with Crippen molar-refractivity contribution in [2.24, 2.45) is 0 Å². The van der Waals surface area contributed by atoms with Crippen LogP contribution in [0, 0.1) is 0 Å². The largest absolute Gasteiger partial charge is 0.310 e. The second-order valence-corrected chi connectivity index (χ2v) is 14.2. The fourth-order valence-electron chi connectivity index (χ4n) is 8.13. The summed E-state index contributed by atoms with van der Waals surface area (Å²) in [5.41, 5.74) is 9.18. The lowest BCUT2D eigenvalue weighted by Gasteiger charge is -2.27. The summed E-state index contributed by atoms with van der Waals surface area (Å²) in [6, 6.07) is 78.5. The van der Waals surface area contributed by atoms with Gasteiger partial charge in [-0.1, -0.05) is 158 Å². The molecule has 0 amide bonds. The van der Waals surface area contributed by atoms with E-state index in [9.17, 15) is 0 Å². The number of nitrogens with zero attached hydrogens (tertiary/aromatic N) is 2. The van der Waals surface area contributed by atoms with E-state index in [1.807, 2.05) is 0 Å². The Hall–Kier alpha value is -7.42. The molecule has 0 aromatic heterocycles. The molecule has 10 rings (SSSR count). The van der Waals surface area contributed by atoms with E-state index in [0.29, 0.717) is 0 Å². The molecule has 0 aliphatic carbocycles. The summed E-state index contributed by atoms with van der Waals surface area (Å²) in [5.74, 6) is 0. The Balaban J connectivity index is 1.05. The van der Waals surface area contributed by atoms with Crippen molar-refractivity contribution in [2.45, 2.75) is 0 Å². The molecule has 0 fully saturated rings. The maximum absolute atomic E-state index is 2.36. The number of benzene rings is 10. The highest BCUT2D eigenvalue weighted by atomic mass is 15.1. The molecular formula is C54H38N2. The van der Waals surface area contributed by atoms with Gasteiger partial charge in [-0.05, 0) is 116 Å². The highest BCUT2D eigenvalue weighted by Gasteiger charge is 2.18. The third-order valence-electron chi connectivity index (χ3n) is 10.7. The number of rotatable bonds is 8. The van der Waals surface area contributed by atoms with E-state index in [2.05, 4.69) is 240 Å². The van der Waals surface area contributed by atoms with Gasteiger partial charge in [-0.15, -0.1) is 0 Å². The molecule has 0 bridgehead atoms. The number of para-hydroxylation sites is 4. The van der Waals surface area contributed by atoms with E-state index >= 15 is 0 Å². The third kappa shape index (κ3) is 6.14. The molecule has 0 atom stereocenters. The van der Waals surface area contributed by atoms with Gasteiger partial charge in [0.25, 0.3) is 0 Å². The summed E-state index contributed by atoms with van der Waals surface area (Å²) in [4.78, 5) is 4.73. The van der Waals surface area contributed by atoms with Crippen LogP contribution in [0.5, 0.6) is 0 Å². The highest BCUT2D eigenvalue weighted by Crippen LogP contribution is 2.44. The molecule has 56 heavy (non-hydrogen) atoms. The quantitative estimate of drug-likeness (QED) is 0.114. The average molecular weight is 715 g/mol. The molecule has 2 nitrogen and oxygen atoms in total. The highest BCUT2D eigenvalue weighted by molar-refractivity contribution is 6.16. The Kier molecular flexibility index (Phi) is 8.55. The zero-order valence-corrected chi connectivity index (χ0v) is 30.8. The predicted octanol–water partition coefficient (Wildman–Crippen LogP) is 15.4. The van der Waals surface area contributed by atoms with Crippen molar-refractivity contribution in [3.05, 3.63) is 230 Å². The second-order valence-electron chi connectivity index (χ2n) is 14.2. The maximum Gasteiger partial charge on any atom is 0.0546 e. The molecule has 10 aromatic carbocycles. The Labute approximate surface area is 327 Å². The number of hydrogen-bond donors (Lipinski definition) is 0. The zero-order chi connectivity index (χ0) is 37.3. The first-order valence-electron chi connectivity index (χ1n) is 19.2. The number of fused-ring (bicyclic) bond motifs is 6. The summed E-state index contributed by atoms with van der Waals surface area (Å²) in [6.07, 6.45) is 4.49. The summed E-state index contributed by atoms with van der Waals surface area (Å²) in [7, 11) is 0. The van der Waals surface area contributed by atoms with Gasteiger partial charge in [-0.2, -0.15) is 0 Å². The molecule has 0 aliphatic rings. The van der Waals surface area contributed by atoms with Crippen molar-refractivity contribution in [2.75, 3.05) is 9.80 Å². The molecule has 264 valence electrons. The Bertz CT molecular complexity index is 2720.